The fraction of sp³-hybridized carbons (Fsp3) is 0.709. The van der Waals surface area contributed by atoms with Gasteiger partial charge in [0.05, 0.1) is 48.7 Å². The Bertz CT molecular complexity index is 4630. The molecule has 0 aliphatic carbocycles. The van der Waals surface area contributed by atoms with Crippen LogP contribution < -0.4 is 65.5 Å². The number of aliphatic hydroxyl groups is 10. The third-order valence-corrected chi connectivity index (χ3v) is 30.4. The van der Waals surface area contributed by atoms with Crippen molar-refractivity contribution in [1.29, 1.82) is 0 Å². The van der Waals surface area contributed by atoms with E-state index in [1.54, 1.807) is 18.5 Å². The highest BCUT2D eigenvalue weighted by Gasteiger charge is 2.51. The van der Waals surface area contributed by atoms with E-state index in [9.17, 15) is 89.4 Å². The van der Waals surface area contributed by atoms with E-state index in [-0.39, 0.29) is 32.9 Å². The van der Waals surface area contributed by atoms with E-state index in [0.717, 1.165) is 100 Å². The SMILES string of the molecule is C=P(C)(C)CC[C@H]1O[C@@H](C2C=C(CNCCC)C(=O)NC2=O)[C@H](O)[C@@H]1O.C=P(C)(C)CC[C@H]1O[C@@H](c2cn(CNCCC)c(=O)[nH]c2=O)[C@H](O)[C@@H]1O.C=P(C)(C)CC[C@H]1O[C@@H](n2cc(CNCCC)c(=O)[nH]c2=O)[C@H](O)[C@@H]1O.C=P(C)(C)CC[C@H]1O[C@@H](n2cc(CNCCC)c(=O)[nH]c2=S)[C@H](O)[C@@H]1O.C=P(C)(C)CC[C@H]1O[C@@H](n2cc(CNCCC)c(=O)[nH]c2=S)[C@H](O)[C@@H]1O. The Morgan fingerprint density at radius 2 is 0.692 bits per heavy atom. The molecular weight excluding hydrogens is 1820 g/mol. The zero-order valence-corrected chi connectivity index (χ0v) is 84.5. The Morgan fingerprint density at radius 1 is 0.377 bits per heavy atom. The molecule has 6 aliphatic rings. The van der Waals surface area contributed by atoms with Crippen LogP contribution in [0.4, 0.5) is 0 Å². The summed E-state index contributed by atoms with van der Waals surface area (Å²) in [6, 6.07) is 0. The zero-order chi connectivity index (χ0) is 97.4. The molecule has 10 rings (SSSR count). The fourth-order valence-electron chi connectivity index (χ4n) is 14.9. The molecule has 0 radical (unpaired) electrons. The summed E-state index contributed by atoms with van der Waals surface area (Å²) in [5.41, 5.74) is -0.834. The lowest BCUT2D eigenvalue weighted by molar-refractivity contribution is -0.136. The van der Waals surface area contributed by atoms with E-state index < -0.39 is 197 Å². The first-order valence-electron chi connectivity index (χ1n) is 44.6. The highest BCUT2D eigenvalue weighted by molar-refractivity contribution is 7.73. The minimum atomic E-state index is -1.29. The van der Waals surface area contributed by atoms with Gasteiger partial charge in [-0.1, -0.05) is 40.7 Å². The van der Waals surface area contributed by atoms with E-state index in [2.05, 4.69) is 150 Å². The van der Waals surface area contributed by atoms with Gasteiger partial charge in [-0.25, -0.2) is 9.59 Å². The number of carbonyl (C=O) groups is 2. The number of imide groups is 1. The predicted octanol–water partition coefficient (Wildman–Crippen LogP) is 1.53. The number of hydrogen-bond donors (Lipinski definition) is 20. The van der Waals surface area contributed by atoms with Gasteiger partial charge in [-0.15, -0.1) is 65.9 Å². The Balaban J connectivity index is 0.000000250. The molecule has 44 heteroatoms. The first-order valence-corrected chi connectivity index (χ1v) is 60.7. The van der Waals surface area contributed by atoms with Crippen LogP contribution >= 0.6 is 58.9 Å². The van der Waals surface area contributed by atoms with Crippen LogP contribution in [0.3, 0.4) is 0 Å². The van der Waals surface area contributed by atoms with E-state index in [1.807, 2.05) is 34.6 Å². The molecular formula is C86H151N14O23P5S2. The molecule has 5 saturated heterocycles. The zero-order valence-electron chi connectivity index (χ0n) is 78.3. The van der Waals surface area contributed by atoms with Crippen LogP contribution in [-0.2, 0) is 59.6 Å². The second kappa shape index (κ2) is 52.1. The van der Waals surface area contributed by atoms with E-state index in [4.69, 9.17) is 48.1 Å². The number of aliphatic hydroxyl groups excluding tert-OH is 10. The maximum atomic E-state index is 12.3. The molecule has 130 heavy (non-hydrogen) atoms. The molecule has 37 nitrogen and oxygen atoms in total. The first-order chi connectivity index (χ1) is 60.7. The smallest absolute Gasteiger partial charge is 0.330 e. The minimum Gasteiger partial charge on any atom is -0.388 e. The van der Waals surface area contributed by atoms with Crippen molar-refractivity contribution in [3.63, 3.8) is 0 Å². The molecule has 0 bridgehead atoms. The van der Waals surface area contributed by atoms with Crippen LogP contribution in [0.5, 0.6) is 0 Å². The highest BCUT2D eigenvalue weighted by atomic mass is 32.1. The summed E-state index contributed by atoms with van der Waals surface area (Å²) < 4.78 is 35.1. The summed E-state index contributed by atoms with van der Waals surface area (Å²) in [6.07, 6.45) is 21.9. The number of aromatic nitrogens is 8. The number of H-pyrrole nitrogens is 4. The van der Waals surface area contributed by atoms with Gasteiger partial charge in [0.15, 0.2) is 28.2 Å². The summed E-state index contributed by atoms with van der Waals surface area (Å²) in [4.78, 5) is 106. The maximum Gasteiger partial charge on any atom is 0.330 e. The normalized spacial score (nSPS) is 27.6. The van der Waals surface area contributed by atoms with Crippen LogP contribution in [0.25, 0.3) is 0 Å². The highest BCUT2D eigenvalue weighted by Crippen LogP contribution is 2.45. The molecule has 10 heterocycles. The molecule has 20 N–H and O–H groups in total. The number of ether oxygens (including phenoxy) is 5. The molecule has 6 aliphatic heterocycles. The molecule has 21 atom stereocenters. The molecule has 4 aromatic rings. The van der Waals surface area contributed by atoms with Gasteiger partial charge in [-0.2, -0.15) is 0 Å². The van der Waals surface area contributed by atoms with Gasteiger partial charge in [0, 0.05) is 73.2 Å². The minimum absolute atomic E-state index is 0.139. The van der Waals surface area contributed by atoms with E-state index >= 15 is 0 Å². The fourth-order valence-corrected chi connectivity index (χ4v) is 20.2. The molecule has 2 amide bonds. The number of aromatic amines is 4. The molecule has 0 aromatic carbocycles. The van der Waals surface area contributed by atoms with Crippen LogP contribution in [0.2, 0.25) is 0 Å². The van der Waals surface area contributed by atoms with Crippen molar-refractivity contribution in [2.45, 2.75) is 248 Å². The van der Waals surface area contributed by atoms with Crippen molar-refractivity contribution >= 4 is 102 Å². The van der Waals surface area contributed by atoms with Gasteiger partial charge >= 0.3 is 11.4 Å². The standard InChI is InChI=1S/C18H31N2O5P.2C17H30N3O5P.2C17H30N3O4PS/c1-5-7-19-10-11-9-12(18(24)20-17(11)23)16-15(22)14(21)13(25-16)6-8-26(2,3)4;1-5-7-18-10-20-9-11(16(23)19-17(20)24)15-14(22)13(21)12(25-15)6-8-26(2,3)4;1-5-7-18-9-11-10-20(17(24)19-15(11)23)16-14(22)13(21)12(25-16)6-8-26(2,3)4;2*1-5-7-18-9-11-10-20(17(26)19-15(11)23)16-14(22)13(21)12(24-16)6-8-25(2,3)4/h9,12-16,19,21-22H,2,5-8,10H2,1,3-4H3,(H,20,23,24);9,12-15,18,21-22H,2,5-8,10H2,1,3-4H3,(H,19,23,24);10,12-14,16,18,21-22H,2,5-9H2,1,3-4H3,(H,19,23,24);2*10,12-14,16,18,21-22H,2,5-9H2,1,3-4H3,(H,19,23,26)/t12?,13-,14-,15-,16+;12-,13-,14-,15+;3*12-,13-,14-,16-/m11111/s1. The third-order valence-electron chi connectivity index (χ3n) is 22.4. The molecule has 1 unspecified atom stereocenters. The third kappa shape index (κ3) is 34.7. The molecule has 5 fully saturated rings. The van der Waals surface area contributed by atoms with Crippen LogP contribution in [0, 0.1) is 15.5 Å². The lowest BCUT2D eigenvalue weighted by atomic mass is 9.90. The van der Waals surface area contributed by atoms with Crippen molar-refractivity contribution in [3.05, 3.63) is 131 Å². The largest absolute Gasteiger partial charge is 0.388 e. The molecule has 4 aromatic heterocycles. The summed E-state index contributed by atoms with van der Waals surface area (Å²) in [5, 5.41) is 122. The van der Waals surface area contributed by atoms with Crippen molar-refractivity contribution < 1.29 is 84.3 Å². The number of rotatable bonds is 40. The monoisotopic (exact) mass is 1970 g/mol. The van der Waals surface area contributed by atoms with Crippen LogP contribution in [0.15, 0.2) is 65.2 Å². The number of hydrogen-bond acceptors (Lipinski definition) is 30. The van der Waals surface area contributed by atoms with Gasteiger partial charge in [0.25, 0.3) is 28.1 Å². The second-order valence-electron chi connectivity index (χ2n) is 37.8. The Morgan fingerprint density at radius 3 is 1.07 bits per heavy atom. The summed E-state index contributed by atoms with van der Waals surface area (Å²) in [7, 11) is 0. The lowest BCUT2D eigenvalue weighted by Gasteiger charge is -2.26. The predicted molar refractivity (Wildman–Crippen MR) is 532 cm³/mol. The van der Waals surface area contributed by atoms with Gasteiger partial charge in [0.1, 0.15) is 73.2 Å². The van der Waals surface area contributed by atoms with Crippen molar-refractivity contribution in [2.24, 2.45) is 5.92 Å². The van der Waals surface area contributed by atoms with Crippen LogP contribution in [-0.4, -0.2) is 367 Å². The molecule has 0 saturated carbocycles. The summed E-state index contributed by atoms with van der Waals surface area (Å²) >= 11 is 10.5. The molecule has 740 valence electrons. The van der Waals surface area contributed by atoms with Crippen molar-refractivity contribution in [2.75, 3.05) is 137 Å². The number of nitrogens with one attached hydrogen (secondary N) is 10. The van der Waals surface area contributed by atoms with Crippen molar-refractivity contribution in [3.8, 4) is 0 Å². The lowest BCUT2D eigenvalue weighted by Crippen LogP contribution is -2.49. The topological polar surface area (TPSA) is 540 Å². The van der Waals surface area contributed by atoms with Gasteiger partial charge in [-0.05, 0) is 219 Å². The van der Waals surface area contributed by atoms with Gasteiger partial charge in [0.2, 0.25) is 5.91 Å². The Labute approximate surface area is 773 Å². The number of nitrogens with zero attached hydrogens (tertiary/aromatic N) is 4. The van der Waals surface area contributed by atoms with Gasteiger partial charge in [-0.3, -0.25) is 77.6 Å². The first kappa shape index (κ1) is 114. The Kier molecular flexibility index (Phi) is 45.6. The van der Waals surface area contributed by atoms with Crippen LogP contribution in [0.1, 0.15) is 146 Å². The number of amides is 2. The summed E-state index contributed by atoms with van der Waals surface area (Å²) in [5.74, 6) is -1.73. The quantitative estimate of drug-likeness (QED) is 0.0130. The van der Waals surface area contributed by atoms with Crippen molar-refractivity contribution in [1.82, 2.24) is 70.1 Å². The van der Waals surface area contributed by atoms with E-state index in [0.29, 0.717) is 80.5 Å². The maximum absolute atomic E-state index is 12.3. The number of carbonyl (C=O) groups excluding carboxylic acids is 2. The summed E-state index contributed by atoms with van der Waals surface area (Å²) in [6.45, 7) is 30.3. The van der Waals surface area contributed by atoms with Gasteiger partial charge < -0.3 is 96.0 Å². The average molecular weight is 1970 g/mol. The van der Waals surface area contributed by atoms with E-state index in [1.165, 1.54) is 26.1 Å². The Hall–Kier alpha value is -4.86. The molecule has 0 spiro atoms. The average Bonchev–Trinajstić information content (AvgIpc) is 1.62. The second-order valence-corrected chi connectivity index (χ2v) is 60.1.